The van der Waals surface area contributed by atoms with Crippen LogP contribution < -0.4 is 4.74 Å². The van der Waals surface area contributed by atoms with Crippen LogP contribution in [-0.4, -0.2) is 24.0 Å². The molecule has 0 bridgehead atoms. The minimum absolute atomic E-state index is 0.303. The summed E-state index contributed by atoms with van der Waals surface area (Å²) in [5, 5.41) is 9.95. The lowest BCUT2D eigenvalue weighted by Crippen LogP contribution is -2.13. The second-order valence-electron chi connectivity index (χ2n) is 5.14. The number of aliphatic hydroxyl groups is 1. The quantitative estimate of drug-likeness (QED) is 0.382. The van der Waals surface area contributed by atoms with E-state index in [2.05, 4.69) is 4.74 Å². The van der Waals surface area contributed by atoms with Crippen LogP contribution in [0.25, 0.3) is 5.76 Å². The zero-order valence-electron chi connectivity index (χ0n) is 13.5. The molecule has 0 aliphatic carbocycles. The average molecular weight is 326 g/mol. The predicted octanol–water partition coefficient (Wildman–Crippen LogP) is 3.22. The average Bonchev–Trinajstić information content (AvgIpc) is 2.60. The van der Waals surface area contributed by atoms with Gasteiger partial charge in [0.15, 0.2) is 0 Å². The summed E-state index contributed by atoms with van der Waals surface area (Å²) in [7, 11) is 1.11. The van der Waals surface area contributed by atoms with E-state index in [0.717, 1.165) is 24.3 Å². The molecule has 124 valence electrons. The van der Waals surface area contributed by atoms with Gasteiger partial charge in [-0.15, -0.1) is 0 Å². The van der Waals surface area contributed by atoms with Gasteiger partial charge in [0, 0.05) is 11.6 Å². The number of rotatable bonds is 6. The van der Waals surface area contributed by atoms with Crippen molar-refractivity contribution in [2.75, 3.05) is 7.11 Å². The van der Waals surface area contributed by atoms with E-state index in [4.69, 9.17) is 4.74 Å². The minimum Gasteiger partial charge on any atom is -0.507 e. The van der Waals surface area contributed by atoms with Crippen LogP contribution in [0.1, 0.15) is 16.7 Å². The molecule has 5 nitrogen and oxygen atoms in total. The van der Waals surface area contributed by atoms with E-state index in [1.165, 1.54) is 0 Å². The van der Waals surface area contributed by atoms with Gasteiger partial charge in [0.25, 0.3) is 5.78 Å². The van der Waals surface area contributed by atoms with Gasteiger partial charge in [0.2, 0.25) is 0 Å². The highest BCUT2D eigenvalue weighted by molar-refractivity contribution is 6.39. The Bertz CT molecular complexity index is 763. The zero-order chi connectivity index (χ0) is 17.5. The van der Waals surface area contributed by atoms with Crippen LogP contribution in [0.15, 0.2) is 54.6 Å². The Morgan fingerprint density at radius 1 is 1.12 bits per heavy atom. The van der Waals surface area contributed by atoms with Crippen molar-refractivity contribution in [3.8, 4) is 5.75 Å². The number of carbonyl (C=O) groups is 2. The molecule has 0 atom stereocenters. The lowest BCUT2D eigenvalue weighted by molar-refractivity contribution is -0.149. The number of methoxy groups -OCH3 is 1. The summed E-state index contributed by atoms with van der Waals surface area (Å²) in [6.45, 7) is 2.27. The molecule has 2 rings (SSSR count). The first-order valence-corrected chi connectivity index (χ1v) is 7.32. The molecule has 0 heterocycles. The third-order valence-corrected chi connectivity index (χ3v) is 3.36. The molecule has 0 saturated heterocycles. The molecular formula is C19H18O5. The Morgan fingerprint density at radius 3 is 2.46 bits per heavy atom. The van der Waals surface area contributed by atoms with Gasteiger partial charge in [-0.05, 0) is 36.2 Å². The highest BCUT2D eigenvalue weighted by atomic mass is 16.5. The van der Waals surface area contributed by atoms with Crippen LogP contribution in [0.4, 0.5) is 0 Å². The predicted molar refractivity (Wildman–Crippen MR) is 89.6 cm³/mol. The molecule has 2 aromatic carbocycles. The van der Waals surface area contributed by atoms with Crippen molar-refractivity contribution in [1.29, 1.82) is 0 Å². The maximum Gasteiger partial charge on any atom is 0.378 e. The van der Waals surface area contributed by atoms with Crippen molar-refractivity contribution < 1.29 is 24.2 Å². The van der Waals surface area contributed by atoms with Gasteiger partial charge in [0.1, 0.15) is 18.1 Å². The lowest BCUT2D eigenvalue weighted by atomic mass is 10.1. The Morgan fingerprint density at radius 2 is 1.83 bits per heavy atom. The third-order valence-electron chi connectivity index (χ3n) is 3.36. The fourth-order valence-corrected chi connectivity index (χ4v) is 2.07. The Hall–Kier alpha value is -3.08. The molecule has 1 N–H and O–H groups in total. The molecule has 0 fully saturated rings. The van der Waals surface area contributed by atoms with Crippen LogP contribution >= 0.6 is 0 Å². The fourth-order valence-electron chi connectivity index (χ4n) is 2.07. The van der Waals surface area contributed by atoms with Crippen molar-refractivity contribution in [3.05, 3.63) is 71.3 Å². The van der Waals surface area contributed by atoms with E-state index >= 15 is 0 Å². The number of benzene rings is 2. The number of esters is 1. The van der Waals surface area contributed by atoms with E-state index in [1.54, 1.807) is 18.2 Å². The summed E-state index contributed by atoms with van der Waals surface area (Å²) in [6, 6.07) is 14.8. The first-order chi connectivity index (χ1) is 11.5. The smallest absolute Gasteiger partial charge is 0.378 e. The molecule has 0 aliphatic heterocycles. The number of aryl methyl sites for hydroxylation is 1. The first kappa shape index (κ1) is 17.3. The number of aliphatic hydroxyl groups excluding tert-OH is 1. The van der Waals surface area contributed by atoms with Crippen molar-refractivity contribution in [2.45, 2.75) is 13.5 Å². The third kappa shape index (κ3) is 4.46. The molecule has 2 aromatic rings. The van der Waals surface area contributed by atoms with Gasteiger partial charge >= 0.3 is 5.97 Å². The standard InChI is InChI=1S/C19H18O5/c1-13-10-15(16(20)11-17(21)19(22)23-2)8-9-18(13)24-12-14-6-4-3-5-7-14/h3-11,20H,12H2,1-2H3/b16-11-. The van der Waals surface area contributed by atoms with Gasteiger partial charge in [0.05, 0.1) is 7.11 Å². The van der Waals surface area contributed by atoms with Crippen molar-refractivity contribution in [3.63, 3.8) is 0 Å². The molecular weight excluding hydrogens is 308 g/mol. The lowest BCUT2D eigenvalue weighted by Gasteiger charge is -2.10. The van der Waals surface area contributed by atoms with Crippen molar-refractivity contribution >= 4 is 17.5 Å². The SMILES string of the molecule is COC(=O)C(=O)/C=C(\O)c1ccc(OCc2ccccc2)c(C)c1. The Kier molecular flexibility index (Phi) is 5.73. The molecule has 0 amide bonds. The molecule has 0 aromatic heterocycles. The van der Waals surface area contributed by atoms with Crippen molar-refractivity contribution in [1.82, 2.24) is 0 Å². The van der Waals surface area contributed by atoms with Crippen LogP contribution in [0.5, 0.6) is 5.75 Å². The summed E-state index contributed by atoms with van der Waals surface area (Å²) in [5.41, 5.74) is 2.26. The maximum absolute atomic E-state index is 11.4. The Labute approximate surface area is 140 Å². The highest BCUT2D eigenvalue weighted by Crippen LogP contribution is 2.23. The van der Waals surface area contributed by atoms with E-state index in [9.17, 15) is 14.7 Å². The number of hydrogen-bond donors (Lipinski definition) is 1. The zero-order valence-corrected chi connectivity index (χ0v) is 13.5. The number of hydrogen-bond acceptors (Lipinski definition) is 5. The van der Waals surface area contributed by atoms with Gasteiger partial charge in [-0.25, -0.2) is 4.79 Å². The molecule has 0 aliphatic rings. The monoisotopic (exact) mass is 326 g/mol. The largest absolute Gasteiger partial charge is 0.507 e. The molecule has 0 saturated carbocycles. The molecule has 0 unspecified atom stereocenters. The molecule has 0 radical (unpaired) electrons. The minimum atomic E-state index is -1.03. The second-order valence-corrected chi connectivity index (χ2v) is 5.14. The summed E-state index contributed by atoms with van der Waals surface area (Å²) < 4.78 is 10.1. The van der Waals surface area contributed by atoms with E-state index in [0.29, 0.717) is 17.9 Å². The number of carbonyl (C=O) groups excluding carboxylic acids is 2. The van der Waals surface area contributed by atoms with Crippen molar-refractivity contribution in [2.24, 2.45) is 0 Å². The summed E-state index contributed by atoms with van der Waals surface area (Å²) >= 11 is 0. The summed E-state index contributed by atoms with van der Waals surface area (Å²) in [6.07, 6.45) is 0.838. The topological polar surface area (TPSA) is 72.8 Å². The van der Waals surface area contributed by atoms with Crippen LogP contribution in [0.2, 0.25) is 0 Å². The Balaban J connectivity index is 2.10. The van der Waals surface area contributed by atoms with E-state index < -0.39 is 11.8 Å². The van der Waals surface area contributed by atoms with Gasteiger partial charge < -0.3 is 14.6 Å². The van der Waals surface area contributed by atoms with Crippen LogP contribution in [-0.2, 0) is 20.9 Å². The van der Waals surface area contributed by atoms with Gasteiger partial charge in [-0.3, -0.25) is 4.79 Å². The normalized spacial score (nSPS) is 11.0. The van der Waals surface area contributed by atoms with Crippen LogP contribution in [0, 0.1) is 6.92 Å². The highest BCUT2D eigenvalue weighted by Gasteiger charge is 2.13. The summed E-state index contributed by atoms with van der Waals surface area (Å²) in [5.74, 6) is -1.57. The first-order valence-electron chi connectivity index (χ1n) is 7.32. The van der Waals surface area contributed by atoms with Gasteiger partial charge in [-0.2, -0.15) is 0 Å². The van der Waals surface area contributed by atoms with Crippen LogP contribution in [0.3, 0.4) is 0 Å². The molecule has 0 spiro atoms. The molecule has 24 heavy (non-hydrogen) atoms. The second kappa shape index (κ2) is 7.97. The van der Waals surface area contributed by atoms with E-state index in [1.807, 2.05) is 37.3 Å². The fraction of sp³-hybridized carbons (Fsp3) is 0.158. The van der Waals surface area contributed by atoms with Gasteiger partial charge in [-0.1, -0.05) is 30.3 Å². The maximum atomic E-state index is 11.4. The van der Waals surface area contributed by atoms with E-state index in [-0.39, 0.29) is 5.76 Å². The summed E-state index contributed by atoms with van der Waals surface area (Å²) in [4.78, 5) is 22.5. The number of ether oxygens (including phenoxy) is 2. The molecule has 5 heteroatoms. The number of ketones is 1.